The normalized spacial score (nSPS) is 15.0. The molecule has 0 spiro atoms. The molecule has 24 heavy (non-hydrogen) atoms. The third-order valence-corrected chi connectivity index (χ3v) is 5.40. The molecule has 0 bridgehead atoms. The molecule has 0 atom stereocenters. The lowest BCUT2D eigenvalue weighted by atomic mass is 9.94. The number of nitrogens with one attached hydrogen (secondary N) is 2. The van der Waals surface area contributed by atoms with Gasteiger partial charge in [-0.25, -0.2) is 4.98 Å². The van der Waals surface area contributed by atoms with Crippen molar-refractivity contribution in [1.29, 1.82) is 5.41 Å². The third kappa shape index (κ3) is 3.26. The van der Waals surface area contributed by atoms with Crippen LogP contribution >= 0.6 is 11.3 Å². The van der Waals surface area contributed by atoms with Gasteiger partial charge in [0.15, 0.2) is 0 Å². The lowest BCUT2D eigenvalue weighted by Gasteiger charge is -2.30. The molecule has 0 aliphatic heterocycles. The van der Waals surface area contributed by atoms with Crippen LogP contribution in [0, 0.1) is 17.8 Å². The van der Waals surface area contributed by atoms with Crippen LogP contribution in [0.25, 0.3) is 10.2 Å². The highest BCUT2D eigenvalue weighted by Crippen LogP contribution is 2.31. The second-order valence-electron chi connectivity index (χ2n) is 5.88. The molecule has 2 aromatic rings. The van der Waals surface area contributed by atoms with E-state index in [9.17, 15) is 4.79 Å². The second kappa shape index (κ2) is 7.45. The zero-order valence-corrected chi connectivity index (χ0v) is 14.2. The number of amides is 1. The number of carbonyl (C=O) groups is 1. The maximum Gasteiger partial charge on any atom is 0.269 e. The van der Waals surface area contributed by atoms with Gasteiger partial charge in [0.2, 0.25) is 0 Å². The van der Waals surface area contributed by atoms with Crippen LogP contribution in [0.5, 0.6) is 0 Å². The Morgan fingerprint density at radius 1 is 1.50 bits per heavy atom. The summed E-state index contributed by atoms with van der Waals surface area (Å²) in [5.74, 6) is 2.44. The highest BCUT2D eigenvalue weighted by molar-refractivity contribution is 7.20. The van der Waals surface area contributed by atoms with Crippen molar-refractivity contribution in [3.63, 3.8) is 0 Å². The molecule has 1 saturated carbocycles. The van der Waals surface area contributed by atoms with Crippen molar-refractivity contribution in [3.05, 3.63) is 23.2 Å². The molecular weight excluding hydrogens is 320 g/mol. The molecule has 1 fully saturated rings. The molecule has 0 radical (unpaired) electrons. The smallest absolute Gasteiger partial charge is 0.269 e. The molecule has 0 unspecified atom stereocenters. The van der Waals surface area contributed by atoms with Crippen LogP contribution < -0.4 is 5.32 Å². The van der Waals surface area contributed by atoms with Gasteiger partial charge in [0.1, 0.15) is 4.83 Å². The van der Waals surface area contributed by atoms with Gasteiger partial charge in [-0.15, -0.1) is 17.8 Å². The Balaban J connectivity index is 1.89. The summed E-state index contributed by atoms with van der Waals surface area (Å²) in [5, 5.41) is 11.7. The van der Waals surface area contributed by atoms with Gasteiger partial charge in [0.05, 0.1) is 17.8 Å². The van der Waals surface area contributed by atoms with E-state index in [4.69, 9.17) is 11.8 Å². The summed E-state index contributed by atoms with van der Waals surface area (Å²) in [6.07, 6.45) is 13.6. The molecule has 1 aliphatic rings. The number of terminal acetylenes is 1. The van der Waals surface area contributed by atoms with Crippen LogP contribution in [-0.2, 0) is 0 Å². The van der Waals surface area contributed by atoms with E-state index >= 15 is 0 Å². The minimum absolute atomic E-state index is 0.109. The summed E-state index contributed by atoms with van der Waals surface area (Å²) in [4.78, 5) is 20.2. The molecule has 124 valence electrons. The number of anilines is 1. The largest absolute Gasteiger partial charge is 0.374 e. The highest BCUT2D eigenvalue weighted by Gasteiger charge is 2.26. The van der Waals surface area contributed by atoms with E-state index in [0.29, 0.717) is 11.4 Å². The van der Waals surface area contributed by atoms with Crippen LogP contribution in [0.2, 0.25) is 0 Å². The van der Waals surface area contributed by atoms with Crippen molar-refractivity contribution in [2.75, 3.05) is 11.9 Å². The molecule has 2 aromatic heterocycles. The number of aromatic nitrogens is 1. The number of carbonyl (C=O) groups excluding carboxylic acids is 1. The molecule has 0 aromatic carbocycles. The van der Waals surface area contributed by atoms with Gasteiger partial charge < -0.3 is 5.32 Å². The SMILES string of the molecule is C#CCNc1ccnc2sc(C(=O)N(C=N)C3CCCCC3)cc12. The zero-order valence-electron chi connectivity index (χ0n) is 13.4. The van der Waals surface area contributed by atoms with E-state index in [1.165, 1.54) is 24.1 Å². The standard InChI is InChI=1S/C18H20N4OS/c1-2-9-20-15-8-10-21-17-14(15)11-16(24-17)18(23)22(12-19)13-6-4-3-5-7-13/h1,8,10-13,19H,3-7,9H2,(H,20,21). The fourth-order valence-electron chi connectivity index (χ4n) is 3.16. The van der Waals surface area contributed by atoms with Gasteiger partial charge >= 0.3 is 0 Å². The molecular formula is C18H20N4OS. The van der Waals surface area contributed by atoms with Gasteiger partial charge in [0.25, 0.3) is 5.91 Å². The summed E-state index contributed by atoms with van der Waals surface area (Å²) in [6.45, 7) is 0.424. The van der Waals surface area contributed by atoms with Crippen LogP contribution in [0.1, 0.15) is 41.8 Å². The van der Waals surface area contributed by atoms with E-state index in [2.05, 4.69) is 16.2 Å². The minimum atomic E-state index is -0.109. The van der Waals surface area contributed by atoms with Gasteiger partial charge in [-0.1, -0.05) is 25.2 Å². The molecule has 1 amide bonds. The summed E-state index contributed by atoms with van der Waals surface area (Å²) in [6, 6.07) is 3.85. The van der Waals surface area contributed by atoms with E-state index in [1.807, 2.05) is 12.1 Å². The van der Waals surface area contributed by atoms with Crippen LogP contribution in [-0.4, -0.2) is 34.7 Å². The maximum absolute atomic E-state index is 12.9. The molecule has 5 nitrogen and oxygen atoms in total. The maximum atomic E-state index is 12.9. The number of rotatable bonds is 5. The van der Waals surface area contributed by atoms with E-state index in [-0.39, 0.29) is 11.9 Å². The lowest BCUT2D eigenvalue weighted by molar-refractivity contribution is 0.0788. The van der Waals surface area contributed by atoms with Crippen molar-refractivity contribution in [1.82, 2.24) is 9.88 Å². The molecule has 0 saturated heterocycles. The van der Waals surface area contributed by atoms with Crippen LogP contribution in [0.4, 0.5) is 5.69 Å². The Labute approximate surface area is 145 Å². The number of hydrogen-bond acceptors (Lipinski definition) is 5. The zero-order chi connectivity index (χ0) is 16.9. The lowest BCUT2D eigenvalue weighted by Crippen LogP contribution is -2.39. The third-order valence-electron chi connectivity index (χ3n) is 4.37. The van der Waals surface area contributed by atoms with Crippen molar-refractivity contribution in [2.24, 2.45) is 0 Å². The van der Waals surface area contributed by atoms with Gasteiger partial charge in [-0.3, -0.25) is 15.1 Å². The summed E-state index contributed by atoms with van der Waals surface area (Å²) in [5.41, 5.74) is 0.882. The average molecular weight is 340 g/mol. The number of hydrogen-bond donors (Lipinski definition) is 2. The number of fused-ring (bicyclic) bond motifs is 1. The summed E-state index contributed by atoms with van der Waals surface area (Å²) >= 11 is 1.36. The van der Waals surface area contributed by atoms with E-state index in [1.54, 1.807) is 11.1 Å². The molecule has 6 heteroatoms. The van der Waals surface area contributed by atoms with Crippen molar-refractivity contribution in [3.8, 4) is 12.3 Å². The molecule has 1 aliphatic carbocycles. The molecule has 2 heterocycles. The Bertz CT molecular complexity index is 786. The summed E-state index contributed by atoms with van der Waals surface area (Å²) < 4.78 is 0. The molecule has 3 rings (SSSR count). The minimum Gasteiger partial charge on any atom is -0.374 e. The fraction of sp³-hybridized carbons (Fsp3) is 0.389. The first-order chi connectivity index (χ1) is 11.7. The number of pyridine rings is 1. The topological polar surface area (TPSA) is 69.1 Å². The second-order valence-corrected chi connectivity index (χ2v) is 6.91. The average Bonchev–Trinajstić information content (AvgIpc) is 3.06. The van der Waals surface area contributed by atoms with E-state index < -0.39 is 0 Å². The predicted molar refractivity (Wildman–Crippen MR) is 98.8 cm³/mol. The van der Waals surface area contributed by atoms with Gasteiger partial charge in [-0.2, -0.15) is 0 Å². The predicted octanol–water partition coefficient (Wildman–Crippen LogP) is 3.72. The highest BCUT2D eigenvalue weighted by atomic mass is 32.1. The Morgan fingerprint density at radius 3 is 3.00 bits per heavy atom. The first kappa shape index (κ1) is 16.5. The van der Waals surface area contributed by atoms with Gasteiger partial charge in [-0.05, 0) is 25.0 Å². The fourth-order valence-corrected chi connectivity index (χ4v) is 4.13. The Kier molecular flexibility index (Phi) is 5.11. The van der Waals surface area contributed by atoms with Crippen molar-refractivity contribution in [2.45, 2.75) is 38.1 Å². The number of thiophene rings is 1. The number of nitrogens with zero attached hydrogens (tertiary/aromatic N) is 2. The van der Waals surface area contributed by atoms with Crippen molar-refractivity contribution >= 4 is 39.5 Å². The van der Waals surface area contributed by atoms with Crippen LogP contribution in [0.15, 0.2) is 18.3 Å². The quantitative estimate of drug-likeness (QED) is 0.495. The monoisotopic (exact) mass is 340 g/mol. The van der Waals surface area contributed by atoms with Gasteiger partial charge in [0, 0.05) is 23.3 Å². The summed E-state index contributed by atoms with van der Waals surface area (Å²) in [7, 11) is 0. The van der Waals surface area contributed by atoms with Crippen LogP contribution in [0.3, 0.4) is 0 Å². The molecule has 2 N–H and O–H groups in total. The first-order valence-electron chi connectivity index (χ1n) is 8.13. The Hall–Kier alpha value is -2.39. The van der Waals surface area contributed by atoms with Crippen molar-refractivity contribution < 1.29 is 4.79 Å². The van der Waals surface area contributed by atoms with E-state index in [0.717, 1.165) is 41.6 Å². The Morgan fingerprint density at radius 2 is 2.29 bits per heavy atom. The first-order valence-corrected chi connectivity index (χ1v) is 8.95.